The maximum absolute atomic E-state index is 5.49. The first kappa shape index (κ1) is 18.3. The van der Waals surface area contributed by atoms with Gasteiger partial charge in [-0.1, -0.05) is 26.2 Å². The Morgan fingerprint density at radius 1 is 1.29 bits per heavy atom. The molecule has 1 fully saturated rings. The topological polar surface area (TPSA) is 45.7 Å². The number of guanidine groups is 1. The lowest BCUT2D eigenvalue weighted by Crippen LogP contribution is -2.44. The Morgan fingerprint density at radius 2 is 2.05 bits per heavy atom. The van der Waals surface area contributed by atoms with Gasteiger partial charge in [-0.25, -0.2) is 0 Å². The molecule has 1 aliphatic carbocycles. The number of hydrogen-bond acceptors (Lipinski definition) is 2. The maximum Gasteiger partial charge on any atom is 0.191 e. The molecule has 1 saturated carbocycles. The fraction of sp³-hybridized carbons (Fsp3) is 0.941. The van der Waals surface area contributed by atoms with Gasteiger partial charge < -0.3 is 15.4 Å². The highest BCUT2D eigenvalue weighted by Gasteiger charge is 2.41. The van der Waals surface area contributed by atoms with E-state index in [0.717, 1.165) is 32.1 Å². The number of nitrogens with zero attached hydrogens (tertiary/aromatic N) is 1. The largest absolute Gasteiger partial charge is 0.382 e. The molecule has 4 heteroatoms. The second-order valence-electron chi connectivity index (χ2n) is 6.41. The van der Waals surface area contributed by atoms with Crippen LogP contribution in [0.5, 0.6) is 0 Å². The molecule has 4 nitrogen and oxygen atoms in total. The minimum absolute atomic E-state index is 0.457. The smallest absolute Gasteiger partial charge is 0.191 e. The van der Waals surface area contributed by atoms with Crippen molar-refractivity contribution < 1.29 is 4.74 Å². The molecule has 0 aliphatic heterocycles. The Hall–Kier alpha value is -0.770. The van der Waals surface area contributed by atoms with Crippen LogP contribution in [0, 0.1) is 5.41 Å². The third kappa shape index (κ3) is 7.70. The normalized spacial score (nSPS) is 18.4. The van der Waals surface area contributed by atoms with Gasteiger partial charge >= 0.3 is 0 Å². The molecule has 0 aromatic rings. The molecule has 1 unspecified atom stereocenters. The summed E-state index contributed by atoms with van der Waals surface area (Å²) >= 11 is 0. The minimum Gasteiger partial charge on any atom is -0.382 e. The molecule has 21 heavy (non-hydrogen) atoms. The molecule has 0 radical (unpaired) electrons. The Morgan fingerprint density at radius 3 is 2.62 bits per heavy atom. The third-order valence-electron chi connectivity index (χ3n) is 4.42. The highest BCUT2D eigenvalue weighted by molar-refractivity contribution is 5.80. The zero-order valence-corrected chi connectivity index (χ0v) is 14.5. The van der Waals surface area contributed by atoms with Crippen molar-refractivity contribution in [3.8, 4) is 0 Å². The SMILES string of the molecule is CCCCCC(C)NC(=NC)NCC1(CCOCC)CC1. The molecule has 1 atom stereocenters. The van der Waals surface area contributed by atoms with Crippen molar-refractivity contribution in [1.29, 1.82) is 0 Å². The second kappa shape index (κ2) is 10.0. The van der Waals surface area contributed by atoms with Gasteiger partial charge in [-0.05, 0) is 44.9 Å². The van der Waals surface area contributed by atoms with E-state index in [9.17, 15) is 0 Å². The van der Waals surface area contributed by atoms with Crippen LogP contribution >= 0.6 is 0 Å². The van der Waals surface area contributed by atoms with Gasteiger partial charge in [0.15, 0.2) is 5.96 Å². The molecule has 0 bridgehead atoms. The van der Waals surface area contributed by atoms with E-state index in [-0.39, 0.29) is 0 Å². The molecule has 124 valence electrons. The zero-order chi connectivity index (χ0) is 15.6. The summed E-state index contributed by atoms with van der Waals surface area (Å²) < 4.78 is 5.49. The first-order valence-corrected chi connectivity index (χ1v) is 8.70. The van der Waals surface area contributed by atoms with E-state index in [1.807, 2.05) is 7.05 Å². The van der Waals surface area contributed by atoms with Crippen LogP contribution in [0.2, 0.25) is 0 Å². The standard InChI is InChI=1S/C17H35N3O/c1-5-7-8-9-15(3)20-16(18-4)19-14-17(10-11-17)12-13-21-6-2/h15H,5-14H2,1-4H3,(H2,18,19,20). The number of ether oxygens (including phenoxy) is 1. The zero-order valence-electron chi connectivity index (χ0n) is 14.5. The van der Waals surface area contributed by atoms with Gasteiger partial charge in [-0.3, -0.25) is 4.99 Å². The van der Waals surface area contributed by atoms with Gasteiger partial charge in [0, 0.05) is 32.8 Å². The lowest BCUT2D eigenvalue weighted by Gasteiger charge is -2.21. The van der Waals surface area contributed by atoms with Gasteiger partial charge in [-0.2, -0.15) is 0 Å². The summed E-state index contributed by atoms with van der Waals surface area (Å²) in [4.78, 5) is 4.35. The van der Waals surface area contributed by atoms with E-state index >= 15 is 0 Å². The predicted octanol–water partition coefficient (Wildman–Crippen LogP) is 3.33. The van der Waals surface area contributed by atoms with E-state index in [4.69, 9.17) is 4.74 Å². The van der Waals surface area contributed by atoms with Crippen molar-refractivity contribution in [2.24, 2.45) is 10.4 Å². The van der Waals surface area contributed by atoms with Crippen LogP contribution < -0.4 is 10.6 Å². The van der Waals surface area contributed by atoms with E-state index in [1.165, 1.54) is 38.5 Å². The summed E-state index contributed by atoms with van der Waals surface area (Å²) in [6.45, 7) is 9.27. The van der Waals surface area contributed by atoms with E-state index in [2.05, 4.69) is 36.4 Å². The molecule has 0 heterocycles. The fourth-order valence-corrected chi connectivity index (χ4v) is 2.60. The fourth-order valence-electron chi connectivity index (χ4n) is 2.60. The molecule has 2 N–H and O–H groups in total. The minimum atomic E-state index is 0.457. The van der Waals surface area contributed by atoms with Crippen LogP contribution in [-0.4, -0.2) is 38.8 Å². The second-order valence-corrected chi connectivity index (χ2v) is 6.41. The third-order valence-corrected chi connectivity index (χ3v) is 4.42. The molecular weight excluding hydrogens is 262 g/mol. The van der Waals surface area contributed by atoms with E-state index in [1.54, 1.807) is 0 Å². The highest BCUT2D eigenvalue weighted by atomic mass is 16.5. The molecule has 0 aromatic carbocycles. The number of aliphatic imine (C=N–C) groups is 1. The molecule has 0 saturated heterocycles. The number of rotatable bonds is 11. The van der Waals surface area contributed by atoms with E-state index in [0.29, 0.717) is 11.5 Å². The first-order valence-electron chi connectivity index (χ1n) is 8.70. The molecular formula is C17H35N3O. The number of unbranched alkanes of at least 4 members (excludes halogenated alkanes) is 2. The molecule has 0 amide bonds. The lowest BCUT2D eigenvalue weighted by molar-refractivity contribution is 0.128. The van der Waals surface area contributed by atoms with Crippen LogP contribution in [0.4, 0.5) is 0 Å². The summed E-state index contributed by atoms with van der Waals surface area (Å²) in [5, 5.41) is 7.00. The molecule has 1 aliphatic rings. The van der Waals surface area contributed by atoms with Crippen LogP contribution in [-0.2, 0) is 4.74 Å². The monoisotopic (exact) mass is 297 g/mol. The number of hydrogen-bond donors (Lipinski definition) is 2. The van der Waals surface area contributed by atoms with Crippen molar-refractivity contribution in [2.45, 2.75) is 71.8 Å². The van der Waals surface area contributed by atoms with E-state index < -0.39 is 0 Å². The average Bonchev–Trinajstić information content (AvgIpc) is 3.24. The maximum atomic E-state index is 5.49. The lowest BCUT2D eigenvalue weighted by atomic mass is 10.0. The van der Waals surface area contributed by atoms with Crippen LogP contribution in [0.3, 0.4) is 0 Å². The summed E-state index contributed by atoms with van der Waals surface area (Å²) in [5.41, 5.74) is 0.457. The predicted molar refractivity (Wildman–Crippen MR) is 90.9 cm³/mol. The van der Waals surface area contributed by atoms with Crippen LogP contribution in [0.15, 0.2) is 4.99 Å². The summed E-state index contributed by atoms with van der Waals surface area (Å²) in [5.74, 6) is 0.946. The highest BCUT2D eigenvalue weighted by Crippen LogP contribution is 2.48. The van der Waals surface area contributed by atoms with Crippen molar-refractivity contribution in [3.63, 3.8) is 0 Å². The Bertz CT molecular complexity index is 300. The van der Waals surface area contributed by atoms with Crippen molar-refractivity contribution in [2.75, 3.05) is 26.8 Å². The van der Waals surface area contributed by atoms with Gasteiger partial charge in [0.25, 0.3) is 0 Å². The van der Waals surface area contributed by atoms with Crippen LogP contribution in [0.25, 0.3) is 0 Å². The molecule has 1 rings (SSSR count). The van der Waals surface area contributed by atoms with Gasteiger partial charge in [0.05, 0.1) is 0 Å². The van der Waals surface area contributed by atoms with Crippen molar-refractivity contribution in [3.05, 3.63) is 0 Å². The summed E-state index contributed by atoms with van der Waals surface area (Å²) in [6.07, 6.45) is 8.90. The van der Waals surface area contributed by atoms with Gasteiger partial charge in [0.2, 0.25) is 0 Å². The van der Waals surface area contributed by atoms with Crippen molar-refractivity contribution >= 4 is 5.96 Å². The summed E-state index contributed by atoms with van der Waals surface area (Å²) in [7, 11) is 1.86. The van der Waals surface area contributed by atoms with Crippen LogP contribution in [0.1, 0.15) is 65.7 Å². The molecule has 0 spiro atoms. The van der Waals surface area contributed by atoms with Crippen molar-refractivity contribution in [1.82, 2.24) is 10.6 Å². The van der Waals surface area contributed by atoms with Gasteiger partial charge in [0.1, 0.15) is 0 Å². The average molecular weight is 297 g/mol. The Labute approximate surface area is 131 Å². The Kier molecular flexibility index (Phi) is 8.74. The first-order chi connectivity index (χ1) is 10.2. The molecule has 0 aromatic heterocycles. The quantitative estimate of drug-likeness (QED) is 0.349. The Balaban J connectivity index is 2.22. The summed E-state index contributed by atoms with van der Waals surface area (Å²) in [6, 6.07) is 0.487. The number of nitrogens with one attached hydrogen (secondary N) is 2. The van der Waals surface area contributed by atoms with Gasteiger partial charge in [-0.15, -0.1) is 0 Å².